The van der Waals surface area contributed by atoms with E-state index in [1.807, 2.05) is 31.4 Å². The molecule has 2 aromatic rings. The lowest BCUT2D eigenvalue weighted by atomic mass is 10.2. The summed E-state index contributed by atoms with van der Waals surface area (Å²) in [4.78, 5) is 25.4. The largest absolute Gasteiger partial charge is 0.494 e. The van der Waals surface area contributed by atoms with Gasteiger partial charge in [0.2, 0.25) is 11.8 Å². The Morgan fingerprint density at radius 1 is 1.29 bits per heavy atom. The Labute approximate surface area is 171 Å². The molecule has 0 aliphatic carbocycles. The number of anilines is 1. The minimum Gasteiger partial charge on any atom is -0.494 e. The van der Waals surface area contributed by atoms with Gasteiger partial charge in [-0.3, -0.25) is 9.59 Å². The molecule has 0 saturated carbocycles. The first-order chi connectivity index (χ1) is 13.5. The Hall–Kier alpha value is -2.65. The van der Waals surface area contributed by atoms with E-state index in [0.29, 0.717) is 17.5 Å². The van der Waals surface area contributed by atoms with Gasteiger partial charge in [-0.1, -0.05) is 17.8 Å². The normalized spacial score (nSPS) is 18.2. The minimum absolute atomic E-state index is 0.0519. The molecule has 28 heavy (non-hydrogen) atoms. The van der Waals surface area contributed by atoms with E-state index in [0.717, 1.165) is 16.3 Å². The van der Waals surface area contributed by atoms with Crippen LogP contribution in [0.5, 0.6) is 5.75 Å². The third kappa shape index (κ3) is 5.43. The lowest BCUT2D eigenvalue weighted by Gasteiger charge is -2.08. The van der Waals surface area contributed by atoms with Gasteiger partial charge in [-0.05, 0) is 49.6 Å². The Morgan fingerprint density at radius 3 is 2.75 bits per heavy atom. The number of benzene rings is 1. The van der Waals surface area contributed by atoms with Crippen LogP contribution < -0.4 is 15.4 Å². The lowest BCUT2D eigenvalue weighted by Crippen LogP contribution is -2.28. The molecule has 1 aromatic heterocycles. The highest BCUT2D eigenvalue weighted by molar-refractivity contribution is 8.15. The van der Waals surface area contributed by atoms with E-state index in [-0.39, 0.29) is 18.2 Å². The second-order valence-corrected chi connectivity index (χ2v) is 8.01. The Morgan fingerprint density at radius 2 is 2.07 bits per heavy atom. The van der Waals surface area contributed by atoms with Crippen LogP contribution in [0, 0.1) is 0 Å². The van der Waals surface area contributed by atoms with E-state index in [9.17, 15) is 9.59 Å². The van der Waals surface area contributed by atoms with Gasteiger partial charge in [-0.25, -0.2) is 0 Å². The summed E-state index contributed by atoms with van der Waals surface area (Å²) < 4.78 is 5.37. The number of hydrogen-bond acceptors (Lipinski definition) is 7. The van der Waals surface area contributed by atoms with Crippen LogP contribution in [-0.4, -0.2) is 34.6 Å². The second-order valence-electron chi connectivity index (χ2n) is 5.87. The predicted octanol–water partition coefficient (Wildman–Crippen LogP) is 3.49. The fourth-order valence-corrected chi connectivity index (χ4v) is 4.01. The highest BCUT2D eigenvalue weighted by atomic mass is 32.2. The smallest absolute Gasteiger partial charge is 0.240 e. The first kappa shape index (κ1) is 20.1. The second kappa shape index (κ2) is 9.52. The summed E-state index contributed by atoms with van der Waals surface area (Å²) in [6.45, 7) is 4.35. The Kier molecular flexibility index (Phi) is 6.83. The van der Waals surface area contributed by atoms with Crippen molar-refractivity contribution in [3.05, 3.63) is 46.7 Å². The number of amides is 2. The minimum atomic E-state index is -0.529. The fourth-order valence-electron chi connectivity index (χ4n) is 2.42. The lowest BCUT2D eigenvalue weighted by molar-refractivity contribution is -0.122. The summed E-state index contributed by atoms with van der Waals surface area (Å²) in [5.41, 5.74) is 1.43. The molecular weight excluding hydrogens is 396 g/mol. The molecule has 0 spiro atoms. The number of nitrogens with one attached hydrogen (secondary N) is 2. The number of carbonyl (C=O) groups is 2. The molecule has 0 bridgehead atoms. The zero-order chi connectivity index (χ0) is 19.9. The maximum Gasteiger partial charge on any atom is 0.240 e. The summed E-state index contributed by atoms with van der Waals surface area (Å²) >= 11 is 2.78. The molecule has 1 aromatic carbocycles. The first-order valence-electron chi connectivity index (χ1n) is 8.71. The monoisotopic (exact) mass is 416 g/mol. The van der Waals surface area contributed by atoms with Crippen molar-refractivity contribution >= 4 is 51.5 Å². The van der Waals surface area contributed by atoms with Gasteiger partial charge in [0.25, 0.3) is 0 Å². The zero-order valence-corrected chi connectivity index (χ0v) is 17.1. The first-order valence-corrected chi connectivity index (χ1v) is 10.5. The molecule has 2 amide bonds. The molecule has 1 aliphatic heterocycles. The summed E-state index contributed by atoms with van der Waals surface area (Å²) in [5, 5.41) is 15.5. The molecule has 1 aliphatic rings. The van der Waals surface area contributed by atoms with Crippen LogP contribution in [0.1, 0.15) is 25.1 Å². The van der Waals surface area contributed by atoms with Gasteiger partial charge < -0.3 is 15.4 Å². The maximum atomic E-state index is 12.3. The van der Waals surface area contributed by atoms with Crippen LogP contribution in [0.15, 0.2) is 52.0 Å². The van der Waals surface area contributed by atoms with Crippen molar-refractivity contribution in [1.29, 1.82) is 0 Å². The maximum absolute atomic E-state index is 12.3. The highest BCUT2D eigenvalue weighted by Gasteiger charge is 2.32. The number of amidine groups is 1. The molecule has 1 unspecified atom stereocenters. The molecule has 9 heteroatoms. The van der Waals surface area contributed by atoms with Crippen LogP contribution in [0.4, 0.5) is 5.69 Å². The van der Waals surface area contributed by atoms with E-state index >= 15 is 0 Å². The van der Waals surface area contributed by atoms with Crippen molar-refractivity contribution in [3.8, 4) is 5.75 Å². The van der Waals surface area contributed by atoms with Crippen molar-refractivity contribution in [3.63, 3.8) is 0 Å². The average molecular weight is 417 g/mol. The third-order valence-electron chi connectivity index (χ3n) is 3.76. The SMILES string of the molecule is CCOc1ccc(NC(=O)CC2S/C(=N/N=C(\C)c3cccs3)NC2=O)cc1. The molecule has 1 fully saturated rings. The van der Waals surface area contributed by atoms with Gasteiger partial charge in [0.05, 0.1) is 17.2 Å². The summed E-state index contributed by atoms with van der Waals surface area (Å²) in [6, 6.07) is 11.0. The van der Waals surface area contributed by atoms with Crippen LogP contribution >= 0.6 is 23.1 Å². The van der Waals surface area contributed by atoms with Crippen LogP contribution in [0.25, 0.3) is 0 Å². The summed E-state index contributed by atoms with van der Waals surface area (Å²) in [7, 11) is 0. The molecular formula is C19H20N4O3S2. The number of thiophene rings is 1. The average Bonchev–Trinajstić information content (AvgIpc) is 3.32. The van der Waals surface area contributed by atoms with Crippen molar-refractivity contribution in [2.24, 2.45) is 10.2 Å². The Bertz CT molecular complexity index is 892. The van der Waals surface area contributed by atoms with E-state index in [2.05, 4.69) is 20.8 Å². The molecule has 1 atom stereocenters. The molecule has 1 saturated heterocycles. The van der Waals surface area contributed by atoms with Crippen LogP contribution in [0.2, 0.25) is 0 Å². The van der Waals surface area contributed by atoms with Gasteiger partial charge in [0.1, 0.15) is 11.0 Å². The molecule has 7 nitrogen and oxygen atoms in total. The molecule has 146 valence electrons. The molecule has 0 radical (unpaired) electrons. The molecule has 3 rings (SSSR count). The summed E-state index contributed by atoms with van der Waals surface area (Å²) in [6.07, 6.45) is 0.0519. The molecule has 2 heterocycles. The third-order valence-corrected chi connectivity index (χ3v) is 5.82. The number of rotatable bonds is 7. The van der Waals surface area contributed by atoms with Crippen molar-refractivity contribution in [1.82, 2.24) is 5.32 Å². The van der Waals surface area contributed by atoms with Crippen LogP contribution in [-0.2, 0) is 9.59 Å². The Balaban J connectivity index is 1.54. The number of ether oxygens (including phenoxy) is 1. The number of thioether (sulfide) groups is 1. The fraction of sp³-hybridized carbons (Fsp3) is 0.263. The van der Waals surface area contributed by atoms with Crippen molar-refractivity contribution in [2.45, 2.75) is 25.5 Å². The van der Waals surface area contributed by atoms with E-state index in [1.165, 1.54) is 11.8 Å². The van der Waals surface area contributed by atoms with E-state index < -0.39 is 5.25 Å². The predicted molar refractivity (Wildman–Crippen MR) is 114 cm³/mol. The van der Waals surface area contributed by atoms with Crippen molar-refractivity contribution in [2.75, 3.05) is 11.9 Å². The van der Waals surface area contributed by atoms with Gasteiger partial charge in [0, 0.05) is 12.1 Å². The summed E-state index contributed by atoms with van der Waals surface area (Å²) in [5.74, 6) is 0.261. The van der Waals surface area contributed by atoms with Gasteiger partial charge >= 0.3 is 0 Å². The van der Waals surface area contributed by atoms with Crippen molar-refractivity contribution < 1.29 is 14.3 Å². The van der Waals surface area contributed by atoms with Crippen LogP contribution in [0.3, 0.4) is 0 Å². The van der Waals surface area contributed by atoms with Gasteiger partial charge in [-0.2, -0.15) is 5.10 Å². The standard InChI is InChI=1S/C19H20N4O3S2/c1-3-26-14-8-6-13(7-9-14)20-17(24)11-16-18(25)21-19(28-16)23-22-12(2)15-5-4-10-27-15/h4-10,16H,3,11H2,1-2H3,(H,20,24)(H,21,23,25)/b22-12+. The quantitative estimate of drug-likeness (QED) is 0.534. The van der Waals surface area contributed by atoms with Gasteiger partial charge in [-0.15, -0.1) is 16.4 Å². The van der Waals surface area contributed by atoms with E-state index in [4.69, 9.17) is 4.74 Å². The zero-order valence-electron chi connectivity index (χ0n) is 15.5. The molecule has 2 N–H and O–H groups in total. The van der Waals surface area contributed by atoms with Gasteiger partial charge in [0.15, 0.2) is 5.17 Å². The number of hydrogen-bond donors (Lipinski definition) is 2. The number of carbonyl (C=O) groups excluding carboxylic acids is 2. The van der Waals surface area contributed by atoms with E-state index in [1.54, 1.807) is 35.6 Å². The highest BCUT2D eigenvalue weighted by Crippen LogP contribution is 2.24. The topological polar surface area (TPSA) is 92.2 Å². The number of nitrogens with zero attached hydrogens (tertiary/aromatic N) is 2.